The molecule has 0 heterocycles. The van der Waals surface area contributed by atoms with E-state index in [1.165, 1.54) is 11.1 Å². The molecule has 2 aromatic rings. The molecule has 0 bridgehead atoms. The van der Waals surface area contributed by atoms with Crippen LogP contribution in [0.15, 0.2) is 42.5 Å². The summed E-state index contributed by atoms with van der Waals surface area (Å²) >= 11 is 0. The maximum Gasteiger partial charge on any atom is 0.303 e. The second kappa shape index (κ2) is 12.7. The Balaban J connectivity index is 1.51. The van der Waals surface area contributed by atoms with Crippen LogP contribution in [-0.4, -0.2) is 47.1 Å². The minimum atomic E-state index is -0.831. The van der Waals surface area contributed by atoms with E-state index in [1.807, 2.05) is 39.0 Å². The van der Waals surface area contributed by atoms with Gasteiger partial charge in [-0.15, -0.1) is 0 Å². The molecule has 6 nitrogen and oxygen atoms in total. The molecule has 0 saturated heterocycles. The molecular weight excluding hydrogens is 454 g/mol. The average Bonchev–Trinajstić information content (AvgIpc) is 3.21. The number of carboxylic acids is 1. The molecule has 2 atom stereocenters. The molecule has 0 aliphatic heterocycles. The van der Waals surface area contributed by atoms with E-state index in [9.17, 15) is 9.90 Å². The standard InChI is InChI=1S/C30H43NO5/c1-20(2)36-27-12-10-23(11-13-29(33)34)28(16-27)21(3)35-19-26(32)18-31-30(4,5)17-22-14-24-8-6-7-9-25(24)15-22/h6-10,12,16,20-22,26,31-32H,11,13-15,17-19H2,1-5H3,(H,33,34)/t21-,26-/m1/s1. The molecule has 3 rings (SSSR count). The highest BCUT2D eigenvalue weighted by Gasteiger charge is 2.28. The molecule has 6 heteroatoms. The smallest absolute Gasteiger partial charge is 0.303 e. The van der Waals surface area contributed by atoms with Gasteiger partial charge in [-0.3, -0.25) is 4.79 Å². The summed E-state index contributed by atoms with van der Waals surface area (Å²) in [6.07, 6.45) is 2.84. The van der Waals surface area contributed by atoms with E-state index in [4.69, 9.17) is 14.6 Å². The van der Waals surface area contributed by atoms with Crippen molar-refractivity contribution in [3.63, 3.8) is 0 Å². The van der Waals surface area contributed by atoms with Crippen LogP contribution in [0.3, 0.4) is 0 Å². The van der Waals surface area contributed by atoms with Gasteiger partial charge in [0.1, 0.15) is 5.75 Å². The largest absolute Gasteiger partial charge is 0.491 e. The normalized spacial score (nSPS) is 15.6. The molecule has 0 amide bonds. The number of carboxylic acid groups (broad SMARTS) is 1. The summed E-state index contributed by atoms with van der Waals surface area (Å²) < 4.78 is 11.9. The van der Waals surface area contributed by atoms with Crippen LogP contribution in [0.25, 0.3) is 0 Å². The number of hydrogen-bond acceptors (Lipinski definition) is 5. The van der Waals surface area contributed by atoms with Crippen molar-refractivity contribution in [3.05, 3.63) is 64.7 Å². The first kappa shape index (κ1) is 28.2. The molecule has 0 aromatic heterocycles. The summed E-state index contributed by atoms with van der Waals surface area (Å²) in [5.41, 5.74) is 4.66. The van der Waals surface area contributed by atoms with Crippen molar-refractivity contribution in [2.24, 2.45) is 5.92 Å². The lowest BCUT2D eigenvalue weighted by molar-refractivity contribution is -0.136. The molecule has 3 N–H and O–H groups in total. The molecule has 36 heavy (non-hydrogen) atoms. The molecule has 0 unspecified atom stereocenters. The maximum atomic E-state index is 11.1. The number of rotatable bonds is 14. The highest BCUT2D eigenvalue weighted by atomic mass is 16.5. The summed E-state index contributed by atoms with van der Waals surface area (Å²) in [7, 11) is 0. The average molecular weight is 498 g/mol. The molecule has 2 aromatic carbocycles. The molecule has 1 aliphatic carbocycles. The molecule has 1 aliphatic rings. The number of benzene rings is 2. The van der Waals surface area contributed by atoms with E-state index in [0.29, 0.717) is 18.9 Å². The zero-order valence-corrected chi connectivity index (χ0v) is 22.4. The predicted molar refractivity (Wildman–Crippen MR) is 143 cm³/mol. The Morgan fingerprint density at radius 1 is 1.11 bits per heavy atom. The number of fused-ring (bicyclic) bond motifs is 1. The van der Waals surface area contributed by atoms with E-state index in [1.54, 1.807) is 0 Å². The third-order valence-corrected chi connectivity index (χ3v) is 6.82. The number of carbonyl (C=O) groups is 1. The van der Waals surface area contributed by atoms with Crippen LogP contribution in [0.4, 0.5) is 0 Å². The van der Waals surface area contributed by atoms with Gasteiger partial charge in [0.2, 0.25) is 0 Å². The topological polar surface area (TPSA) is 88.0 Å². The van der Waals surface area contributed by atoms with Gasteiger partial charge < -0.3 is 25.0 Å². The first-order valence-corrected chi connectivity index (χ1v) is 13.1. The monoisotopic (exact) mass is 497 g/mol. The zero-order chi connectivity index (χ0) is 26.3. The number of aryl methyl sites for hydroxylation is 1. The van der Waals surface area contributed by atoms with Gasteiger partial charge in [0.25, 0.3) is 0 Å². The Kier molecular flexibility index (Phi) is 9.94. The Hall–Kier alpha value is -2.41. The second-order valence-corrected chi connectivity index (χ2v) is 11.1. The molecule has 0 spiro atoms. The van der Waals surface area contributed by atoms with Gasteiger partial charge in [0.15, 0.2) is 0 Å². The number of aliphatic hydroxyl groups is 1. The minimum absolute atomic E-state index is 0.0357. The Morgan fingerprint density at radius 3 is 2.39 bits per heavy atom. The fourth-order valence-electron chi connectivity index (χ4n) is 5.15. The number of aliphatic carboxylic acids is 1. The van der Waals surface area contributed by atoms with Gasteiger partial charge in [0.05, 0.1) is 24.9 Å². The predicted octanol–water partition coefficient (Wildman–Crippen LogP) is 5.10. The highest BCUT2D eigenvalue weighted by Crippen LogP contribution is 2.32. The van der Waals surface area contributed by atoms with Crippen molar-refractivity contribution in [2.45, 2.75) is 90.6 Å². The van der Waals surface area contributed by atoms with Gasteiger partial charge in [0, 0.05) is 18.5 Å². The lowest BCUT2D eigenvalue weighted by atomic mass is 9.88. The van der Waals surface area contributed by atoms with Crippen LogP contribution < -0.4 is 10.1 Å². The second-order valence-electron chi connectivity index (χ2n) is 11.1. The van der Waals surface area contributed by atoms with E-state index < -0.39 is 12.1 Å². The fraction of sp³-hybridized carbons (Fsp3) is 0.567. The molecule has 0 fully saturated rings. The Labute approximate surface area is 216 Å². The third kappa shape index (κ3) is 8.61. The summed E-state index contributed by atoms with van der Waals surface area (Å²) in [6.45, 7) is 10.9. The highest BCUT2D eigenvalue weighted by molar-refractivity contribution is 5.67. The van der Waals surface area contributed by atoms with Crippen molar-refractivity contribution in [1.82, 2.24) is 5.32 Å². The van der Waals surface area contributed by atoms with Crippen molar-refractivity contribution in [3.8, 4) is 5.75 Å². The molecule has 0 saturated carbocycles. The summed E-state index contributed by atoms with van der Waals surface area (Å²) in [6, 6.07) is 14.4. The van der Waals surface area contributed by atoms with Crippen LogP contribution in [-0.2, 0) is 28.8 Å². The Morgan fingerprint density at radius 2 is 1.78 bits per heavy atom. The van der Waals surface area contributed by atoms with Crippen molar-refractivity contribution < 1.29 is 24.5 Å². The van der Waals surface area contributed by atoms with E-state index in [0.717, 1.165) is 36.1 Å². The van der Waals surface area contributed by atoms with Gasteiger partial charge in [-0.1, -0.05) is 30.3 Å². The van der Waals surface area contributed by atoms with E-state index in [2.05, 4.69) is 43.4 Å². The van der Waals surface area contributed by atoms with Crippen molar-refractivity contribution in [2.75, 3.05) is 13.2 Å². The van der Waals surface area contributed by atoms with Gasteiger partial charge in [-0.2, -0.15) is 0 Å². The maximum absolute atomic E-state index is 11.1. The third-order valence-electron chi connectivity index (χ3n) is 6.82. The van der Waals surface area contributed by atoms with E-state index in [-0.39, 0.29) is 30.8 Å². The van der Waals surface area contributed by atoms with Gasteiger partial charge in [-0.25, -0.2) is 0 Å². The lowest BCUT2D eigenvalue weighted by Crippen LogP contribution is -2.45. The summed E-state index contributed by atoms with van der Waals surface area (Å²) in [5.74, 6) is 0.512. The first-order chi connectivity index (χ1) is 17.0. The summed E-state index contributed by atoms with van der Waals surface area (Å²) in [5, 5.41) is 23.3. The quantitative estimate of drug-likeness (QED) is 0.336. The van der Waals surface area contributed by atoms with Crippen molar-refractivity contribution >= 4 is 5.97 Å². The number of hydrogen-bond donors (Lipinski definition) is 3. The summed E-state index contributed by atoms with van der Waals surface area (Å²) in [4.78, 5) is 11.1. The molecule has 0 radical (unpaired) electrons. The van der Waals surface area contributed by atoms with Crippen molar-refractivity contribution in [1.29, 1.82) is 0 Å². The van der Waals surface area contributed by atoms with Crippen LogP contribution in [0.1, 0.15) is 75.8 Å². The van der Waals surface area contributed by atoms with Crippen LogP contribution in [0.2, 0.25) is 0 Å². The van der Waals surface area contributed by atoms with Gasteiger partial charge >= 0.3 is 5.97 Å². The zero-order valence-electron chi connectivity index (χ0n) is 22.4. The lowest BCUT2D eigenvalue weighted by Gasteiger charge is -2.31. The SMILES string of the molecule is CC(C)Oc1ccc(CCC(=O)O)c([C@@H](C)OC[C@H](O)CNC(C)(C)CC2Cc3ccccc3C2)c1. The first-order valence-electron chi connectivity index (χ1n) is 13.1. The van der Waals surface area contributed by atoms with E-state index >= 15 is 0 Å². The molecule has 198 valence electrons. The number of β-amino-alcohol motifs (C(OH)–C–C–N with tert-alkyl or cyclic N) is 1. The molecular formula is C30H43NO5. The van der Waals surface area contributed by atoms with Crippen LogP contribution in [0.5, 0.6) is 5.75 Å². The number of aliphatic hydroxyl groups excluding tert-OH is 1. The fourth-order valence-corrected chi connectivity index (χ4v) is 5.15. The minimum Gasteiger partial charge on any atom is -0.491 e. The van der Waals surface area contributed by atoms with Crippen LogP contribution >= 0.6 is 0 Å². The number of ether oxygens (including phenoxy) is 2. The number of nitrogens with one attached hydrogen (secondary N) is 1. The van der Waals surface area contributed by atoms with Gasteiger partial charge in [-0.05, 0) is 101 Å². The van der Waals surface area contributed by atoms with Crippen LogP contribution in [0, 0.1) is 5.92 Å². The Bertz CT molecular complexity index is 978.